The number of piperidine rings is 1. The van der Waals surface area contributed by atoms with E-state index in [4.69, 9.17) is 4.74 Å². The number of anilines is 2. The van der Waals surface area contributed by atoms with Crippen molar-refractivity contribution < 1.29 is 9.53 Å². The molecule has 1 aliphatic rings. The number of amides is 1. The zero-order chi connectivity index (χ0) is 19.3. The van der Waals surface area contributed by atoms with Crippen molar-refractivity contribution in [3.63, 3.8) is 0 Å². The number of nitrogens with zero attached hydrogens (tertiary/aromatic N) is 1. The summed E-state index contributed by atoms with van der Waals surface area (Å²) in [7, 11) is 0. The number of ether oxygens (including phenoxy) is 1. The van der Waals surface area contributed by atoms with Crippen LogP contribution < -0.4 is 15.0 Å². The fourth-order valence-electron chi connectivity index (χ4n) is 3.88. The Bertz CT molecular complexity index is 947. The molecule has 4 nitrogen and oxygen atoms in total. The first-order chi connectivity index (χ1) is 13.7. The molecule has 0 bridgehead atoms. The van der Waals surface area contributed by atoms with Gasteiger partial charge in [-0.1, -0.05) is 36.4 Å². The lowest BCUT2D eigenvalue weighted by atomic mass is 10.0. The second-order valence-electron chi connectivity index (χ2n) is 7.40. The van der Waals surface area contributed by atoms with Crippen molar-refractivity contribution in [2.45, 2.75) is 32.2 Å². The highest BCUT2D eigenvalue weighted by atomic mass is 16.5. The molecule has 28 heavy (non-hydrogen) atoms. The van der Waals surface area contributed by atoms with Gasteiger partial charge in [0.05, 0.1) is 0 Å². The lowest BCUT2D eigenvalue weighted by Gasteiger charge is -2.35. The van der Waals surface area contributed by atoms with E-state index >= 15 is 0 Å². The highest BCUT2D eigenvalue weighted by molar-refractivity contribution is 5.93. The number of fused-ring (bicyclic) bond motifs is 1. The van der Waals surface area contributed by atoms with Crippen LogP contribution >= 0.6 is 0 Å². The first kappa shape index (κ1) is 18.4. The minimum absolute atomic E-state index is 0.0150. The average molecular weight is 374 g/mol. The molecule has 0 unspecified atom stereocenters. The Morgan fingerprint density at radius 2 is 1.82 bits per heavy atom. The molecule has 1 aliphatic heterocycles. The number of hydrogen-bond acceptors (Lipinski definition) is 3. The van der Waals surface area contributed by atoms with E-state index in [1.54, 1.807) is 0 Å². The van der Waals surface area contributed by atoms with Crippen LogP contribution in [0.2, 0.25) is 0 Å². The van der Waals surface area contributed by atoms with Crippen molar-refractivity contribution in [1.82, 2.24) is 0 Å². The van der Waals surface area contributed by atoms with E-state index in [1.807, 2.05) is 54.6 Å². The molecule has 1 saturated heterocycles. The van der Waals surface area contributed by atoms with Gasteiger partial charge in [-0.05, 0) is 61.9 Å². The molecule has 3 aromatic rings. The third kappa shape index (κ3) is 4.11. The van der Waals surface area contributed by atoms with E-state index in [2.05, 4.69) is 29.3 Å². The summed E-state index contributed by atoms with van der Waals surface area (Å²) in [5.41, 5.74) is 2.01. The SMILES string of the molecule is C[C@@H]1CCCCN1c1ccc(NC(=O)COc2cccc3ccccc23)cc1. The summed E-state index contributed by atoms with van der Waals surface area (Å²) in [6.07, 6.45) is 3.79. The highest BCUT2D eigenvalue weighted by Crippen LogP contribution is 2.26. The van der Waals surface area contributed by atoms with Crippen LogP contribution in [0.3, 0.4) is 0 Å². The van der Waals surface area contributed by atoms with Crippen molar-refractivity contribution in [3.05, 3.63) is 66.7 Å². The Balaban J connectivity index is 1.36. The Labute approximate surface area is 166 Å². The topological polar surface area (TPSA) is 41.6 Å². The summed E-state index contributed by atoms with van der Waals surface area (Å²) in [6.45, 7) is 3.37. The van der Waals surface area contributed by atoms with Gasteiger partial charge in [0.2, 0.25) is 0 Å². The lowest BCUT2D eigenvalue weighted by molar-refractivity contribution is -0.118. The van der Waals surface area contributed by atoms with E-state index in [-0.39, 0.29) is 12.5 Å². The first-order valence-electron chi connectivity index (χ1n) is 9.98. The minimum atomic E-state index is -0.160. The molecular weight excluding hydrogens is 348 g/mol. The maximum Gasteiger partial charge on any atom is 0.262 e. The van der Waals surface area contributed by atoms with E-state index in [1.165, 1.54) is 24.9 Å². The summed E-state index contributed by atoms with van der Waals surface area (Å²) >= 11 is 0. The number of benzene rings is 3. The standard InChI is InChI=1S/C24H26N2O2/c1-18-7-4-5-16-26(18)21-14-12-20(13-15-21)25-24(27)17-28-23-11-6-9-19-8-2-3-10-22(19)23/h2-3,6,8-15,18H,4-5,7,16-17H2,1H3,(H,25,27)/t18-/m1/s1. The molecule has 1 fully saturated rings. The van der Waals surface area contributed by atoms with Gasteiger partial charge in [0.25, 0.3) is 5.91 Å². The predicted octanol–water partition coefficient (Wildman–Crippen LogP) is 5.24. The molecule has 0 spiro atoms. The van der Waals surface area contributed by atoms with Crippen LogP contribution in [-0.2, 0) is 4.79 Å². The summed E-state index contributed by atoms with van der Waals surface area (Å²) in [4.78, 5) is 14.8. The fraction of sp³-hybridized carbons (Fsp3) is 0.292. The number of nitrogens with one attached hydrogen (secondary N) is 1. The van der Waals surface area contributed by atoms with E-state index in [9.17, 15) is 4.79 Å². The molecule has 3 aromatic carbocycles. The molecule has 0 aromatic heterocycles. The molecule has 1 atom stereocenters. The highest BCUT2D eigenvalue weighted by Gasteiger charge is 2.18. The second-order valence-corrected chi connectivity index (χ2v) is 7.40. The monoisotopic (exact) mass is 374 g/mol. The summed E-state index contributed by atoms with van der Waals surface area (Å²) < 4.78 is 5.77. The summed E-state index contributed by atoms with van der Waals surface area (Å²) in [5, 5.41) is 5.03. The predicted molar refractivity (Wildman–Crippen MR) is 115 cm³/mol. The molecule has 144 valence electrons. The Hall–Kier alpha value is -3.01. The van der Waals surface area contributed by atoms with Crippen molar-refractivity contribution in [3.8, 4) is 5.75 Å². The smallest absolute Gasteiger partial charge is 0.262 e. The van der Waals surface area contributed by atoms with Gasteiger partial charge >= 0.3 is 0 Å². The summed E-state index contributed by atoms with van der Waals surface area (Å²) in [6, 6.07) is 22.5. The molecule has 1 N–H and O–H groups in total. The maximum absolute atomic E-state index is 12.3. The van der Waals surface area contributed by atoms with E-state index in [0.29, 0.717) is 6.04 Å². The zero-order valence-corrected chi connectivity index (χ0v) is 16.2. The van der Waals surface area contributed by atoms with Crippen LogP contribution in [0, 0.1) is 0 Å². The van der Waals surface area contributed by atoms with Crippen LogP contribution in [0.4, 0.5) is 11.4 Å². The number of carbonyl (C=O) groups excluding carboxylic acids is 1. The second kappa shape index (κ2) is 8.34. The molecule has 4 rings (SSSR count). The molecule has 0 saturated carbocycles. The van der Waals surface area contributed by atoms with Crippen LogP contribution in [-0.4, -0.2) is 25.1 Å². The van der Waals surface area contributed by atoms with Crippen LogP contribution in [0.25, 0.3) is 10.8 Å². The van der Waals surface area contributed by atoms with Gasteiger partial charge in [-0.15, -0.1) is 0 Å². The lowest BCUT2D eigenvalue weighted by Crippen LogP contribution is -2.37. The quantitative estimate of drug-likeness (QED) is 0.664. The first-order valence-corrected chi connectivity index (χ1v) is 9.98. The maximum atomic E-state index is 12.3. The van der Waals surface area contributed by atoms with Crippen LogP contribution in [0.5, 0.6) is 5.75 Å². The van der Waals surface area contributed by atoms with Gasteiger partial charge in [-0.2, -0.15) is 0 Å². The molecule has 0 aliphatic carbocycles. The number of carbonyl (C=O) groups is 1. The average Bonchev–Trinajstić information content (AvgIpc) is 2.73. The van der Waals surface area contributed by atoms with Gasteiger partial charge in [-0.25, -0.2) is 0 Å². The third-order valence-electron chi connectivity index (χ3n) is 5.39. The largest absolute Gasteiger partial charge is 0.483 e. The fourth-order valence-corrected chi connectivity index (χ4v) is 3.88. The van der Waals surface area contributed by atoms with E-state index < -0.39 is 0 Å². The van der Waals surface area contributed by atoms with Crippen molar-refractivity contribution >= 4 is 28.1 Å². The van der Waals surface area contributed by atoms with Crippen molar-refractivity contribution in [1.29, 1.82) is 0 Å². The van der Waals surface area contributed by atoms with Crippen LogP contribution in [0.1, 0.15) is 26.2 Å². The molecular formula is C24H26N2O2. The third-order valence-corrected chi connectivity index (χ3v) is 5.39. The van der Waals surface area contributed by atoms with Gasteiger partial charge in [0.15, 0.2) is 6.61 Å². The molecule has 1 amide bonds. The van der Waals surface area contributed by atoms with Gasteiger partial charge in [0.1, 0.15) is 5.75 Å². The van der Waals surface area contributed by atoms with Crippen LogP contribution in [0.15, 0.2) is 66.7 Å². The Kier molecular flexibility index (Phi) is 5.47. The Morgan fingerprint density at radius 3 is 2.64 bits per heavy atom. The van der Waals surface area contributed by atoms with Crippen molar-refractivity contribution in [2.75, 3.05) is 23.4 Å². The zero-order valence-electron chi connectivity index (χ0n) is 16.2. The van der Waals surface area contributed by atoms with Gasteiger partial charge in [-0.3, -0.25) is 4.79 Å². The van der Waals surface area contributed by atoms with Gasteiger partial charge in [0, 0.05) is 29.3 Å². The molecule has 0 radical (unpaired) electrons. The number of hydrogen-bond donors (Lipinski definition) is 1. The minimum Gasteiger partial charge on any atom is -0.483 e. The Morgan fingerprint density at radius 1 is 1.04 bits per heavy atom. The number of rotatable bonds is 5. The molecule has 1 heterocycles. The summed E-state index contributed by atoms with van der Waals surface area (Å²) in [5.74, 6) is 0.565. The van der Waals surface area contributed by atoms with E-state index in [0.717, 1.165) is 28.8 Å². The molecule has 4 heteroatoms. The normalized spacial score (nSPS) is 16.8. The van der Waals surface area contributed by atoms with Crippen molar-refractivity contribution in [2.24, 2.45) is 0 Å². The van der Waals surface area contributed by atoms with Gasteiger partial charge < -0.3 is 15.0 Å².